The first-order chi connectivity index (χ1) is 9.20. The van der Waals surface area contributed by atoms with Crippen LogP contribution in [0, 0.1) is 11.7 Å². The highest BCUT2D eigenvalue weighted by Crippen LogP contribution is 2.25. The number of hydrogen-bond donors (Lipinski definition) is 0. The Morgan fingerprint density at radius 2 is 1.85 bits per heavy atom. The molecule has 0 radical (unpaired) electrons. The number of benzene rings is 1. The van der Waals surface area contributed by atoms with Crippen molar-refractivity contribution in [1.29, 1.82) is 0 Å². The highest BCUT2D eigenvalue weighted by molar-refractivity contribution is 7.89. The minimum absolute atomic E-state index is 0.0302. The molecular weight excluding hydrogens is 301 g/mol. The molecule has 6 heteroatoms. The van der Waals surface area contributed by atoms with Crippen molar-refractivity contribution in [3.05, 3.63) is 29.6 Å². The largest absolute Gasteiger partial charge is 0.243 e. The Morgan fingerprint density at radius 1 is 1.25 bits per heavy atom. The Morgan fingerprint density at radius 3 is 2.30 bits per heavy atom. The number of rotatable bonds is 6. The van der Waals surface area contributed by atoms with Crippen molar-refractivity contribution in [2.45, 2.75) is 44.5 Å². The molecular formula is C14H21ClFNO2S. The first-order valence-corrected chi connectivity index (χ1v) is 8.53. The molecule has 1 aromatic rings. The molecule has 0 N–H and O–H groups in total. The van der Waals surface area contributed by atoms with Gasteiger partial charge in [0.15, 0.2) is 0 Å². The maximum atomic E-state index is 13.4. The molecule has 0 aromatic heterocycles. The van der Waals surface area contributed by atoms with Gasteiger partial charge in [-0.05, 0) is 37.5 Å². The third kappa shape index (κ3) is 3.93. The molecule has 3 nitrogen and oxygen atoms in total. The molecule has 0 fully saturated rings. The van der Waals surface area contributed by atoms with Gasteiger partial charge in [-0.2, -0.15) is 4.31 Å². The molecule has 0 aliphatic carbocycles. The molecule has 0 saturated heterocycles. The van der Waals surface area contributed by atoms with Gasteiger partial charge in [0.2, 0.25) is 10.0 Å². The van der Waals surface area contributed by atoms with Gasteiger partial charge in [0.25, 0.3) is 0 Å². The number of nitrogens with zero attached hydrogens (tertiary/aromatic N) is 1. The van der Waals surface area contributed by atoms with Crippen LogP contribution in [-0.2, 0) is 15.9 Å². The summed E-state index contributed by atoms with van der Waals surface area (Å²) in [5.74, 6) is -0.367. The summed E-state index contributed by atoms with van der Waals surface area (Å²) in [5, 5.41) is 0. The standard InChI is InChI=1S/C14H21ClFNO2S/c1-10(2)9-17(11(3)4)20(18,19)14-7-13(16)6-5-12(14)8-15/h5-7,10-11H,8-9H2,1-4H3. The van der Waals surface area contributed by atoms with Gasteiger partial charge in [-0.25, -0.2) is 12.8 Å². The highest BCUT2D eigenvalue weighted by Gasteiger charge is 2.29. The van der Waals surface area contributed by atoms with Crippen LogP contribution >= 0.6 is 11.6 Å². The molecule has 1 aromatic carbocycles. The molecule has 20 heavy (non-hydrogen) atoms. The fraction of sp³-hybridized carbons (Fsp3) is 0.571. The summed E-state index contributed by atoms with van der Waals surface area (Å²) in [6.45, 7) is 7.88. The molecule has 114 valence electrons. The van der Waals surface area contributed by atoms with Crippen molar-refractivity contribution in [3.8, 4) is 0 Å². The van der Waals surface area contributed by atoms with Gasteiger partial charge in [0, 0.05) is 18.5 Å². The molecule has 0 heterocycles. The fourth-order valence-corrected chi connectivity index (χ4v) is 4.30. The van der Waals surface area contributed by atoms with Crippen molar-refractivity contribution in [3.63, 3.8) is 0 Å². The summed E-state index contributed by atoms with van der Waals surface area (Å²) in [6, 6.07) is 3.49. The van der Waals surface area contributed by atoms with E-state index in [0.29, 0.717) is 12.1 Å². The quantitative estimate of drug-likeness (QED) is 0.750. The van der Waals surface area contributed by atoms with Gasteiger partial charge in [0.1, 0.15) is 5.82 Å². The van der Waals surface area contributed by atoms with Crippen molar-refractivity contribution < 1.29 is 12.8 Å². The van der Waals surface area contributed by atoms with Crippen LogP contribution in [0.5, 0.6) is 0 Å². The number of hydrogen-bond acceptors (Lipinski definition) is 2. The van der Waals surface area contributed by atoms with Crippen LogP contribution in [-0.4, -0.2) is 25.3 Å². The lowest BCUT2D eigenvalue weighted by Crippen LogP contribution is -2.39. The Hall–Kier alpha value is -0.650. The average Bonchev–Trinajstić information content (AvgIpc) is 2.35. The average molecular weight is 322 g/mol. The van der Waals surface area contributed by atoms with E-state index >= 15 is 0 Å². The van der Waals surface area contributed by atoms with Crippen LogP contribution < -0.4 is 0 Å². The molecule has 0 aliphatic rings. The Kier molecular flexibility index (Phi) is 5.98. The SMILES string of the molecule is CC(C)CN(C(C)C)S(=O)(=O)c1cc(F)ccc1CCl. The van der Waals surface area contributed by atoms with Gasteiger partial charge in [-0.3, -0.25) is 0 Å². The van der Waals surface area contributed by atoms with E-state index in [4.69, 9.17) is 11.6 Å². The van der Waals surface area contributed by atoms with E-state index in [2.05, 4.69) is 0 Å². The van der Waals surface area contributed by atoms with Gasteiger partial charge in [0.05, 0.1) is 4.90 Å². The van der Waals surface area contributed by atoms with Crippen molar-refractivity contribution in [2.75, 3.05) is 6.54 Å². The van der Waals surface area contributed by atoms with Gasteiger partial charge in [-0.1, -0.05) is 19.9 Å². The predicted molar refractivity (Wildman–Crippen MR) is 79.8 cm³/mol. The molecule has 0 atom stereocenters. The number of sulfonamides is 1. The van der Waals surface area contributed by atoms with Crippen LogP contribution in [0.25, 0.3) is 0 Å². The van der Waals surface area contributed by atoms with Crippen LogP contribution in [0.4, 0.5) is 4.39 Å². The first-order valence-electron chi connectivity index (χ1n) is 6.56. The van der Waals surface area contributed by atoms with Crippen molar-refractivity contribution in [2.24, 2.45) is 5.92 Å². The predicted octanol–water partition coefficient (Wildman–Crippen LogP) is 3.62. The summed E-state index contributed by atoms with van der Waals surface area (Å²) in [7, 11) is -3.75. The van der Waals surface area contributed by atoms with Crippen molar-refractivity contribution >= 4 is 21.6 Å². The van der Waals surface area contributed by atoms with Crippen molar-refractivity contribution in [1.82, 2.24) is 4.31 Å². The third-order valence-corrected chi connectivity index (χ3v) is 5.29. The van der Waals surface area contributed by atoms with E-state index in [1.54, 1.807) is 13.8 Å². The molecule has 0 spiro atoms. The Bertz CT molecular complexity index is 558. The summed E-state index contributed by atoms with van der Waals surface area (Å²) >= 11 is 5.78. The zero-order chi connectivity index (χ0) is 15.5. The van der Waals surface area contributed by atoms with E-state index in [1.807, 2.05) is 13.8 Å². The summed E-state index contributed by atoms with van der Waals surface area (Å²) < 4.78 is 40.3. The van der Waals surface area contributed by atoms with Gasteiger partial charge >= 0.3 is 0 Å². The molecule has 0 bridgehead atoms. The van der Waals surface area contributed by atoms with E-state index in [0.717, 1.165) is 6.07 Å². The van der Waals surface area contributed by atoms with Crippen LogP contribution in [0.3, 0.4) is 0 Å². The maximum Gasteiger partial charge on any atom is 0.243 e. The van der Waals surface area contributed by atoms with Crippen LogP contribution in [0.2, 0.25) is 0 Å². The topological polar surface area (TPSA) is 37.4 Å². The second-order valence-corrected chi connectivity index (χ2v) is 7.57. The van der Waals surface area contributed by atoms with Crippen LogP contribution in [0.15, 0.2) is 23.1 Å². The summed E-state index contributed by atoms with van der Waals surface area (Å²) in [4.78, 5) is -0.0400. The first kappa shape index (κ1) is 17.4. The second-order valence-electron chi connectivity index (χ2n) is 5.45. The monoisotopic (exact) mass is 321 g/mol. The zero-order valence-corrected chi connectivity index (χ0v) is 13.8. The van der Waals surface area contributed by atoms with Gasteiger partial charge in [-0.15, -0.1) is 11.6 Å². The Balaban J connectivity index is 3.36. The molecule has 0 saturated carbocycles. The van der Waals surface area contributed by atoms with Crippen LogP contribution in [0.1, 0.15) is 33.3 Å². The maximum absolute atomic E-state index is 13.4. The minimum atomic E-state index is -3.75. The number of halogens is 2. The lowest BCUT2D eigenvalue weighted by Gasteiger charge is -2.28. The van der Waals surface area contributed by atoms with E-state index in [1.165, 1.54) is 16.4 Å². The van der Waals surface area contributed by atoms with E-state index in [9.17, 15) is 12.8 Å². The summed E-state index contributed by atoms with van der Waals surface area (Å²) in [5.41, 5.74) is 0.419. The lowest BCUT2D eigenvalue weighted by molar-refractivity contribution is 0.318. The van der Waals surface area contributed by atoms with E-state index < -0.39 is 15.8 Å². The van der Waals surface area contributed by atoms with Gasteiger partial charge < -0.3 is 0 Å². The smallest absolute Gasteiger partial charge is 0.207 e. The lowest BCUT2D eigenvalue weighted by atomic mass is 10.2. The normalized spacial score (nSPS) is 12.7. The molecule has 0 amide bonds. The third-order valence-electron chi connectivity index (χ3n) is 2.88. The highest BCUT2D eigenvalue weighted by atomic mass is 35.5. The second kappa shape index (κ2) is 6.87. The molecule has 1 rings (SSSR count). The zero-order valence-electron chi connectivity index (χ0n) is 12.2. The van der Waals surface area contributed by atoms with E-state index in [-0.39, 0.29) is 22.7 Å². The number of alkyl halides is 1. The fourth-order valence-electron chi connectivity index (χ4n) is 1.95. The minimum Gasteiger partial charge on any atom is -0.207 e. The molecule has 0 aliphatic heterocycles. The Labute approximate surface area is 125 Å². The summed E-state index contributed by atoms with van der Waals surface area (Å²) in [6.07, 6.45) is 0. The molecule has 0 unspecified atom stereocenters.